The highest BCUT2D eigenvalue weighted by Gasteiger charge is 2.52. The second kappa shape index (κ2) is 6.74. The third-order valence-electron chi connectivity index (χ3n) is 5.86. The molecule has 1 spiro atoms. The van der Waals surface area contributed by atoms with Crippen molar-refractivity contribution in [1.82, 2.24) is 10.2 Å². The molecule has 1 N–H and O–H groups in total. The third kappa shape index (κ3) is 2.95. The monoisotopic (exact) mass is 378 g/mol. The molecule has 1 saturated carbocycles. The smallest absolute Gasteiger partial charge is 0.325 e. The Morgan fingerprint density at radius 1 is 1.31 bits per heavy atom. The van der Waals surface area contributed by atoms with Crippen LogP contribution in [0.4, 0.5) is 4.79 Å². The standard InChI is InChI=1S/C19H23ClN2O4/c1-2-12-3-5-19(6-4-12)17(23)22(18(24)21-19)9-13-7-15(20)8-14-10-25-11-26-16(13)14/h7-8,12H,2-6,9-11H2,1H3,(H,21,24). The molecule has 2 aliphatic heterocycles. The maximum Gasteiger partial charge on any atom is 0.325 e. The van der Waals surface area contributed by atoms with E-state index in [4.69, 9.17) is 21.1 Å². The van der Waals surface area contributed by atoms with Gasteiger partial charge in [0, 0.05) is 16.1 Å². The molecule has 2 heterocycles. The number of imide groups is 1. The Morgan fingerprint density at radius 3 is 2.81 bits per heavy atom. The Hall–Kier alpha value is -1.79. The van der Waals surface area contributed by atoms with E-state index in [0.717, 1.165) is 30.4 Å². The average Bonchev–Trinajstić information content (AvgIpc) is 2.86. The number of ether oxygens (including phenoxy) is 2. The second-order valence-electron chi connectivity index (χ2n) is 7.42. The zero-order valence-corrected chi connectivity index (χ0v) is 15.6. The number of carbonyl (C=O) groups is 2. The molecule has 0 radical (unpaired) electrons. The quantitative estimate of drug-likeness (QED) is 0.816. The Labute approximate surface area is 157 Å². The van der Waals surface area contributed by atoms with Crippen LogP contribution in [0.25, 0.3) is 0 Å². The Balaban J connectivity index is 1.57. The van der Waals surface area contributed by atoms with Gasteiger partial charge in [0.05, 0.1) is 13.2 Å². The summed E-state index contributed by atoms with van der Waals surface area (Å²) in [6, 6.07) is 3.22. The first-order valence-corrected chi connectivity index (χ1v) is 9.56. The number of amides is 3. The number of halogens is 1. The topological polar surface area (TPSA) is 67.9 Å². The van der Waals surface area contributed by atoms with Gasteiger partial charge in [-0.15, -0.1) is 0 Å². The number of hydrogen-bond acceptors (Lipinski definition) is 4. The highest BCUT2D eigenvalue weighted by molar-refractivity contribution is 6.30. The first kappa shape index (κ1) is 17.6. The lowest BCUT2D eigenvalue weighted by Crippen LogP contribution is -2.49. The molecule has 6 nitrogen and oxygen atoms in total. The molecule has 0 unspecified atom stereocenters. The van der Waals surface area contributed by atoms with E-state index >= 15 is 0 Å². The van der Waals surface area contributed by atoms with Crippen molar-refractivity contribution in [2.75, 3.05) is 6.79 Å². The maximum atomic E-state index is 13.1. The molecule has 2 fully saturated rings. The van der Waals surface area contributed by atoms with Crippen LogP contribution in [0.1, 0.15) is 50.2 Å². The van der Waals surface area contributed by atoms with Gasteiger partial charge in [0.1, 0.15) is 11.3 Å². The number of hydrogen-bond donors (Lipinski definition) is 1. The van der Waals surface area contributed by atoms with E-state index in [-0.39, 0.29) is 25.3 Å². The lowest BCUT2D eigenvalue weighted by Gasteiger charge is -2.34. The highest BCUT2D eigenvalue weighted by Crippen LogP contribution is 2.39. The average molecular weight is 379 g/mol. The number of benzene rings is 1. The van der Waals surface area contributed by atoms with Crippen LogP contribution in [0.2, 0.25) is 5.02 Å². The van der Waals surface area contributed by atoms with Crippen LogP contribution in [0.5, 0.6) is 5.75 Å². The van der Waals surface area contributed by atoms with E-state index < -0.39 is 5.54 Å². The number of nitrogens with one attached hydrogen (secondary N) is 1. The number of urea groups is 1. The summed E-state index contributed by atoms with van der Waals surface area (Å²) < 4.78 is 10.9. The summed E-state index contributed by atoms with van der Waals surface area (Å²) in [6.07, 6.45) is 4.50. The van der Waals surface area contributed by atoms with Crippen molar-refractivity contribution in [3.05, 3.63) is 28.3 Å². The van der Waals surface area contributed by atoms with Crippen LogP contribution in [0.15, 0.2) is 12.1 Å². The van der Waals surface area contributed by atoms with Gasteiger partial charge >= 0.3 is 6.03 Å². The van der Waals surface area contributed by atoms with E-state index in [1.54, 1.807) is 12.1 Å². The molecule has 3 aliphatic rings. The van der Waals surface area contributed by atoms with Crippen molar-refractivity contribution in [3.63, 3.8) is 0 Å². The third-order valence-corrected chi connectivity index (χ3v) is 6.08. The van der Waals surface area contributed by atoms with Gasteiger partial charge in [-0.3, -0.25) is 9.69 Å². The summed E-state index contributed by atoms with van der Waals surface area (Å²) >= 11 is 6.20. The molecule has 1 aromatic rings. The van der Waals surface area contributed by atoms with Gasteiger partial charge in [-0.25, -0.2) is 4.79 Å². The molecular weight excluding hydrogens is 356 g/mol. The second-order valence-corrected chi connectivity index (χ2v) is 7.86. The molecule has 7 heteroatoms. The van der Waals surface area contributed by atoms with Gasteiger partial charge < -0.3 is 14.8 Å². The predicted octanol–water partition coefficient (Wildman–Crippen LogP) is 3.60. The van der Waals surface area contributed by atoms with Gasteiger partial charge in [0.15, 0.2) is 6.79 Å². The van der Waals surface area contributed by atoms with Crippen molar-refractivity contribution in [2.24, 2.45) is 5.92 Å². The maximum absolute atomic E-state index is 13.1. The number of rotatable bonds is 3. The van der Waals surface area contributed by atoms with Crippen molar-refractivity contribution in [3.8, 4) is 5.75 Å². The van der Waals surface area contributed by atoms with Gasteiger partial charge in [0.25, 0.3) is 5.91 Å². The van der Waals surface area contributed by atoms with E-state index in [0.29, 0.717) is 36.1 Å². The minimum absolute atomic E-state index is 0.127. The molecule has 140 valence electrons. The summed E-state index contributed by atoms with van der Waals surface area (Å²) in [5.41, 5.74) is 0.841. The number of carbonyl (C=O) groups excluding carboxylic acids is 2. The number of nitrogens with zero attached hydrogens (tertiary/aromatic N) is 1. The fourth-order valence-electron chi connectivity index (χ4n) is 4.28. The molecule has 3 amide bonds. The first-order chi connectivity index (χ1) is 12.5. The van der Waals surface area contributed by atoms with Gasteiger partial charge in [-0.05, 0) is 43.7 Å². The molecule has 0 atom stereocenters. The summed E-state index contributed by atoms with van der Waals surface area (Å²) in [5.74, 6) is 1.18. The Kier molecular flexibility index (Phi) is 4.57. The van der Waals surface area contributed by atoms with E-state index in [1.807, 2.05) is 0 Å². The molecule has 4 rings (SSSR count). The van der Waals surface area contributed by atoms with Crippen LogP contribution in [0.3, 0.4) is 0 Å². The fourth-order valence-corrected chi connectivity index (χ4v) is 4.55. The molecule has 1 aliphatic carbocycles. The molecule has 26 heavy (non-hydrogen) atoms. The van der Waals surface area contributed by atoms with Crippen molar-refractivity contribution in [1.29, 1.82) is 0 Å². The van der Waals surface area contributed by atoms with Crippen LogP contribution >= 0.6 is 11.6 Å². The zero-order valence-electron chi connectivity index (χ0n) is 14.8. The van der Waals surface area contributed by atoms with Gasteiger partial charge in [-0.1, -0.05) is 24.9 Å². The number of fused-ring (bicyclic) bond motifs is 1. The van der Waals surface area contributed by atoms with E-state index in [9.17, 15) is 9.59 Å². The minimum atomic E-state index is -0.731. The highest BCUT2D eigenvalue weighted by atomic mass is 35.5. The molecule has 0 aromatic heterocycles. The molecule has 1 saturated heterocycles. The predicted molar refractivity (Wildman–Crippen MR) is 95.8 cm³/mol. The van der Waals surface area contributed by atoms with E-state index in [2.05, 4.69) is 12.2 Å². The summed E-state index contributed by atoms with van der Waals surface area (Å²) in [7, 11) is 0. The molecular formula is C19H23ClN2O4. The van der Waals surface area contributed by atoms with Crippen molar-refractivity contribution >= 4 is 23.5 Å². The zero-order chi connectivity index (χ0) is 18.3. The summed E-state index contributed by atoms with van der Waals surface area (Å²) in [4.78, 5) is 27.0. The van der Waals surface area contributed by atoms with Gasteiger partial charge in [0.2, 0.25) is 0 Å². The minimum Gasteiger partial charge on any atom is -0.467 e. The van der Waals surface area contributed by atoms with E-state index in [1.165, 1.54) is 4.90 Å². The Morgan fingerprint density at radius 2 is 2.08 bits per heavy atom. The largest absolute Gasteiger partial charge is 0.467 e. The first-order valence-electron chi connectivity index (χ1n) is 9.18. The fraction of sp³-hybridized carbons (Fsp3) is 0.579. The van der Waals surface area contributed by atoms with Crippen molar-refractivity contribution in [2.45, 2.75) is 57.7 Å². The SMILES string of the molecule is CCC1CCC2(CC1)NC(=O)N(Cc1cc(Cl)cc3c1OCOC3)C2=O. The van der Waals surface area contributed by atoms with Crippen LogP contribution < -0.4 is 10.1 Å². The lowest BCUT2D eigenvalue weighted by atomic mass is 9.75. The molecule has 1 aromatic carbocycles. The van der Waals surface area contributed by atoms with Gasteiger partial charge in [-0.2, -0.15) is 0 Å². The summed E-state index contributed by atoms with van der Waals surface area (Å²) in [6.45, 7) is 2.90. The van der Waals surface area contributed by atoms with Crippen LogP contribution in [-0.2, 0) is 22.7 Å². The Bertz CT molecular complexity index is 743. The van der Waals surface area contributed by atoms with Crippen LogP contribution in [-0.4, -0.2) is 29.2 Å². The normalized spacial score (nSPS) is 28.1. The van der Waals surface area contributed by atoms with Crippen molar-refractivity contribution < 1.29 is 19.1 Å². The summed E-state index contributed by atoms with van der Waals surface area (Å²) in [5, 5.41) is 3.51. The lowest BCUT2D eigenvalue weighted by molar-refractivity contribution is -0.133. The molecule has 0 bridgehead atoms. The van der Waals surface area contributed by atoms with Crippen LogP contribution in [0, 0.1) is 5.92 Å².